The maximum atomic E-state index is 10.3. The minimum Gasteiger partial charge on any atom is -0.409 e. The number of carbonyl (C=O) groups is 1. The lowest BCUT2D eigenvalue weighted by Gasteiger charge is -2.06. The van der Waals surface area contributed by atoms with Gasteiger partial charge in [-0.1, -0.05) is 5.16 Å². The summed E-state index contributed by atoms with van der Waals surface area (Å²) in [5.74, 6) is -0.853. The van der Waals surface area contributed by atoms with E-state index in [2.05, 4.69) is 10.5 Å². The van der Waals surface area contributed by atoms with Crippen LogP contribution in [0.2, 0.25) is 0 Å². The minimum atomic E-state index is -1.25. The monoisotopic (exact) mass is 176 g/mol. The molecule has 0 aromatic heterocycles. The summed E-state index contributed by atoms with van der Waals surface area (Å²) < 4.78 is 0. The van der Waals surface area contributed by atoms with Crippen LogP contribution in [0, 0.1) is 0 Å². The topological polar surface area (TPSA) is 134 Å². The van der Waals surface area contributed by atoms with Crippen molar-refractivity contribution in [2.24, 2.45) is 16.6 Å². The van der Waals surface area contributed by atoms with E-state index >= 15 is 0 Å². The summed E-state index contributed by atoms with van der Waals surface area (Å²) in [6.45, 7) is 0.0619. The molecule has 7 heteroatoms. The van der Waals surface area contributed by atoms with Crippen LogP contribution in [0.1, 0.15) is 0 Å². The Balaban J connectivity index is 3.50. The molecule has 1 atom stereocenters. The fourth-order valence-electron chi connectivity index (χ4n) is 0.473. The third kappa shape index (κ3) is 4.47. The van der Waals surface area contributed by atoms with Crippen LogP contribution in [0.15, 0.2) is 5.16 Å². The standard InChI is InChI=1S/C5H12N4O3/c6-4(9-12)2-8-1-3(10)5(7)11/h3,8,10,12H,1-2H2,(H2,6,9)(H2,7,11). The molecule has 0 rings (SSSR count). The summed E-state index contributed by atoms with van der Waals surface area (Å²) in [5.41, 5.74) is 9.82. The predicted octanol–water partition coefficient (Wildman–Crippen LogP) is -2.83. The van der Waals surface area contributed by atoms with Crippen molar-refractivity contribution in [1.29, 1.82) is 0 Å². The molecule has 0 aromatic carbocycles. The highest BCUT2D eigenvalue weighted by molar-refractivity contribution is 5.82. The highest BCUT2D eigenvalue weighted by Crippen LogP contribution is 1.76. The van der Waals surface area contributed by atoms with Crippen molar-refractivity contribution in [2.75, 3.05) is 13.1 Å². The number of hydrogen-bond acceptors (Lipinski definition) is 5. The number of rotatable bonds is 5. The van der Waals surface area contributed by atoms with Gasteiger partial charge in [-0.15, -0.1) is 0 Å². The molecule has 0 fully saturated rings. The molecule has 12 heavy (non-hydrogen) atoms. The Labute approximate surface area is 69.0 Å². The van der Waals surface area contributed by atoms with Gasteiger partial charge >= 0.3 is 0 Å². The number of amidine groups is 1. The molecule has 70 valence electrons. The fourth-order valence-corrected chi connectivity index (χ4v) is 0.473. The van der Waals surface area contributed by atoms with Crippen molar-refractivity contribution < 1.29 is 15.1 Å². The molecule has 7 N–H and O–H groups in total. The van der Waals surface area contributed by atoms with Crippen LogP contribution in [-0.4, -0.2) is 41.3 Å². The van der Waals surface area contributed by atoms with Crippen LogP contribution in [0.5, 0.6) is 0 Å². The van der Waals surface area contributed by atoms with E-state index in [1.807, 2.05) is 0 Å². The predicted molar refractivity (Wildman–Crippen MR) is 41.5 cm³/mol. The lowest BCUT2D eigenvalue weighted by atomic mass is 10.3. The van der Waals surface area contributed by atoms with Gasteiger partial charge in [0.05, 0.1) is 6.54 Å². The lowest BCUT2D eigenvalue weighted by Crippen LogP contribution is -2.40. The summed E-state index contributed by atoms with van der Waals surface area (Å²) >= 11 is 0. The van der Waals surface area contributed by atoms with Crippen LogP contribution in [-0.2, 0) is 4.79 Å². The highest BCUT2D eigenvalue weighted by Gasteiger charge is 2.09. The zero-order valence-corrected chi connectivity index (χ0v) is 6.40. The first-order valence-corrected chi connectivity index (χ1v) is 3.22. The van der Waals surface area contributed by atoms with E-state index in [4.69, 9.17) is 21.8 Å². The van der Waals surface area contributed by atoms with Crippen LogP contribution >= 0.6 is 0 Å². The first-order chi connectivity index (χ1) is 5.57. The zero-order chi connectivity index (χ0) is 9.56. The molecule has 0 saturated carbocycles. The number of nitrogens with zero attached hydrogens (tertiary/aromatic N) is 1. The van der Waals surface area contributed by atoms with E-state index in [1.54, 1.807) is 0 Å². The van der Waals surface area contributed by atoms with Crippen LogP contribution in [0.25, 0.3) is 0 Å². The number of primary amides is 1. The average Bonchev–Trinajstić information content (AvgIpc) is 2.03. The number of nitrogens with one attached hydrogen (secondary N) is 1. The van der Waals surface area contributed by atoms with Gasteiger partial charge in [-0.2, -0.15) is 0 Å². The summed E-state index contributed by atoms with van der Waals surface area (Å²) in [6.07, 6.45) is -1.25. The molecule has 0 spiro atoms. The SMILES string of the molecule is NC(=O)C(O)CNCC(N)=NO. The Morgan fingerprint density at radius 3 is 2.58 bits per heavy atom. The van der Waals surface area contributed by atoms with Gasteiger partial charge in [0, 0.05) is 6.54 Å². The first kappa shape index (κ1) is 10.7. The van der Waals surface area contributed by atoms with Gasteiger partial charge in [0.1, 0.15) is 6.10 Å². The summed E-state index contributed by atoms with van der Waals surface area (Å²) in [7, 11) is 0. The maximum Gasteiger partial charge on any atom is 0.247 e. The Morgan fingerprint density at radius 1 is 1.58 bits per heavy atom. The molecule has 0 aromatic rings. The van der Waals surface area contributed by atoms with Crippen LogP contribution in [0.3, 0.4) is 0 Å². The molecule has 1 unspecified atom stereocenters. The molecule has 1 amide bonds. The van der Waals surface area contributed by atoms with Crippen LogP contribution < -0.4 is 16.8 Å². The van der Waals surface area contributed by atoms with Gasteiger partial charge in [0.2, 0.25) is 5.91 Å². The molecule has 7 nitrogen and oxygen atoms in total. The van der Waals surface area contributed by atoms with Crippen molar-refractivity contribution in [1.82, 2.24) is 5.32 Å². The molecular weight excluding hydrogens is 164 g/mol. The number of amides is 1. The van der Waals surface area contributed by atoms with Crippen molar-refractivity contribution >= 4 is 11.7 Å². The zero-order valence-electron chi connectivity index (χ0n) is 6.40. The van der Waals surface area contributed by atoms with Gasteiger partial charge in [-0.3, -0.25) is 4.79 Å². The van der Waals surface area contributed by atoms with Gasteiger partial charge in [-0.25, -0.2) is 0 Å². The van der Waals surface area contributed by atoms with Crippen molar-refractivity contribution in [3.8, 4) is 0 Å². The minimum absolute atomic E-state index is 0.0223. The molecule has 0 heterocycles. The largest absolute Gasteiger partial charge is 0.409 e. The van der Waals surface area contributed by atoms with E-state index in [-0.39, 0.29) is 18.9 Å². The smallest absolute Gasteiger partial charge is 0.247 e. The van der Waals surface area contributed by atoms with E-state index < -0.39 is 12.0 Å². The molecule has 0 aliphatic rings. The Morgan fingerprint density at radius 2 is 2.17 bits per heavy atom. The van der Waals surface area contributed by atoms with Crippen molar-refractivity contribution in [2.45, 2.75) is 6.10 Å². The third-order valence-corrected chi connectivity index (χ3v) is 1.10. The van der Waals surface area contributed by atoms with E-state index in [9.17, 15) is 4.79 Å². The second-order valence-electron chi connectivity index (χ2n) is 2.14. The molecular formula is C5H12N4O3. The first-order valence-electron chi connectivity index (χ1n) is 3.22. The highest BCUT2D eigenvalue weighted by atomic mass is 16.4. The normalized spacial score (nSPS) is 14.2. The number of nitrogens with two attached hydrogens (primary N) is 2. The lowest BCUT2D eigenvalue weighted by molar-refractivity contribution is -0.125. The van der Waals surface area contributed by atoms with Crippen molar-refractivity contribution in [3.05, 3.63) is 0 Å². The van der Waals surface area contributed by atoms with E-state index in [1.165, 1.54) is 0 Å². The fraction of sp³-hybridized carbons (Fsp3) is 0.600. The number of hydrogen-bond donors (Lipinski definition) is 5. The van der Waals surface area contributed by atoms with Gasteiger partial charge in [-0.05, 0) is 0 Å². The number of carbonyl (C=O) groups excluding carboxylic acids is 1. The molecule has 0 radical (unpaired) electrons. The van der Waals surface area contributed by atoms with Gasteiger partial charge in [0.25, 0.3) is 0 Å². The molecule has 0 aliphatic heterocycles. The average molecular weight is 176 g/mol. The number of aliphatic hydroxyl groups is 1. The summed E-state index contributed by atoms with van der Waals surface area (Å²) in [5, 5.41) is 22.1. The van der Waals surface area contributed by atoms with Crippen molar-refractivity contribution in [3.63, 3.8) is 0 Å². The maximum absolute atomic E-state index is 10.3. The second-order valence-corrected chi connectivity index (χ2v) is 2.14. The molecule has 0 bridgehead atoms. The third-order valence-electron chi connectivity index (χ3n) is 1.10. The number of aliphatic hydroxyl groups excluding tert-OH is 1. The summed E-state index contributed by atoms with van der Waals surface area (Å²) in [6, 6.07) is 0. The Kier molecular flexibility index (Phi) is 4.73. The summed E-state index contributed by atoms with van der Waals surface area (Å²) in [4.78, 5) is 10.3. The van der Waals surface area contributed by atoms with E-state index in [0.717, 1.165) is 0 Å². The Hall–Kier alpha value is -1.34. The quantitative estimate of drug-likeness (QED) is 0.133. The van der Waals surface area contributed by atoms with Gasteiger partial charge < -0.3 is 27.1 Å². The molecule has 0 aliphatic carbocycles. The van der Waals surface area contributed by atoms with Crippen LogP contribution in [0.4, 0.5) is 0 Å². The van der Waals surface area contributed by atoms with Gasteiger partial charge in [0.15, 0.2) is 5.84 Å². The van der Waals surface area contributed by atoms with E-state index in [0.29, 0.717) is 0 Å². The Bertz CT molecular complexity index is 182. The second kappa shape index (κ2) is 5.33. The number of oxime groups is 1. The molecule has 0 saturated heterocycles.